The quantitative estimate of drug-likeness (QED) is 0.251. The van der Waals surface area contributed by atoms with E-state index in [0.29, 0.717) is 36.6 Å². The third-order valence-corrected chi connectivity index (χ3v) is 10.1. The van der Waals surface area contributed by atoms with E-state index in [2.05, 4.69) is 20.7 Å². The highest BCUT2D eigenvalue weighted by molar-refractivity contribution is 6.30. The summed E-state index contributed by atoms with van der Waals surface area (Å²) in [6.45, 7) is 6.79. The van der Waals surface area contributed by atoms with Crippen LogP contribution in [0.5, 0.6) is 0 Å². The summed E-state index contributed by atoms with van der Waals surface area (Å²) >= 11 is 6.13. The van der Waals surface area contributed by atoms with E-state index in [0.717, 1.165) is 37.3 Å². The molecule has 2 aromatic heterocycles. The molecule has 11 nitrogen and oxygen atoms in total. The summed E-state index contributed by atoms with van der Waals surface area (Å²) in [5, 5.41) is 11.0. The summed E-state index contributed by atoms with van der Waals surface area (Å²) in [5.74, 6) is -0.783. The third-order valence-electron chi connectivity index (χ3n) is 9.87. The number of aromatic nitrogens is 3. The highest BCUT2D eigenvalue weighted by atomic mass is 35.5. The number of amides is 3. The Labute approximate surface area is 290 Å². The van der Waals surface area contributed by atoms with Crippen molar-refractivity contribution in [1.29, 1.82) is 0 Å². The minimum atomic E-state index is -0.949. The third kappa shape index (κ3) is 7.72. The van der Waals surface area contributed by atoms with Crippen LogP contribution in [0.25, 0.3) is 16.7 Å². The second kappa shape index (κ2) is 14.2. The lowest BCUT2D eigenvalue weighted by Gasteiger charge is -2.48. The number of nitrogens with one attached hydrogen (secondary N) is 2. The molecule has 0 bridgehead atoms. The van der Waals surface area contributed by atoms with E-state index in [1.165, 1.54) is 23.8 Å². The molecule has 1 aliphatic heterocycles. The molecule has 0 unspecified atom stereocenters. The minimum Gasteiger partial charge on any atom is -0.451 e. The number of halogens is 1. The van der Waals surface area contributed by atoms with Crippen LogP contribution >= 0.6 is 11.6 Å². The molecule has 2 aromatic carbocycles. The lowest BCUT2D eigenvalue weighted by atomic mass is 9.63. The van der Waals surface area contributed by atoms with Gasteiger partial charge in [0.1, 0.15) is 24.3 Å². The van der Waals surface area contributed by atoms with E-state index < -0.39 is 22.8 Å². The van der Waals surface area contributed by atoms with Gasteiger partial charge >= 0.3 is 0 Å². The van der Waals surface area contributed by atoms with Crippen molar-refractivity contribution >= 4 is 40.3 Å². The van der Waals surface area contributed by atoms with Crippen LogP contribution in [-0.4, -0.2) is 62.1 Å². The zero-order chi connectivity index (χ0) is 34.8. The van der Waals surface area contributed by atoms with Crippen LogP contribution in [0, 0.1) is 11.3 Å². The number of hydrogen-bond acceptors (Lipinski definition) is 7. The molecule has 1 saturated carbocycles. The topological polar surface area (TPSA) is 139 Å². The van der Waals surface area contributed by atoms with Gasteiger partial charge in [-0.2, -0.15) is 5.10 Å². The van der Waals surface area contributed by atoms with Crippen LogP contribution in [0.15, 0.2) is 70.4 Å². The number of fused-ring (bicyclic) bond motifs is 1. The van der Waals surface area contributed by atoms with Gasteiger partial charge in [-0.15, -0.1) is 0 Å². The van der Waals surface area contributed by atoms with E-state index in [-0.39, 0.29) is 46.4 Å². The smallest absolute Gasteiger partial charge is 0.287 e. The standard InChI is InChI=1S/C37H43ClN6O5/c1-36(2,3)42-35(48)37(25-7-5-4-6-8-25)15-17-43(18-16-37)34(47)29(19-24-9-11-26(38)12-10-24)41-33(46)32-21-30(45)28-20-27(13-14-31(28)49-32)44-23-39-22-40-44/h9-14,20-23,25,29H,4-8,15-19H2,1-3H3,(H,41,46)(H,42,48)/t29-/m1/s1. The fourth-order valence-electron chi connectivity index (χ4n) is 7.31. The van der Waals surface area contributed by atoms with Gasteiger partial charge in [-0.25, -0.2) is 9.67 Å². The van der Waals surface area contributed by atoms with Crippen molar-refractivity contribution in [1.82, 2.24) is 30.3 Å². The predicted molar refractivity (Wildman–Crippen MR) is 187 cm³/mol. The predicted octanol–water partition coefficient (Wildman–Crippen LogP) is 5.47. The van der Waals surface area contributed by atoms with Crippen molar-refractivity contribution in [2.75, 3.05) is 13.1 Å². The van der Waals surface area contributed by atoms with Crippen LogP contribution in [-0.2, 0) is 16.0 Å². The lowest BCUT2D eigenvalue weighted by molar-refractivity contribution is -0.147. The maximum Gasteiger partial charge on any atom is 0.287 e. The lowest BCUT2D eigenvalue weighted by Crippen LogP contribution is -2.59. The number of carbonyl (C=O) groups is 3. The van der Waals surface area contributed by atoms with Gasteiger partial charge < -0.3 is 20.0 Å². The first-order chi connectivity index (χ1) is 23.4. The number of nitrogens with zero attached hydrogens (tertiary/aromatic N) is 4. The van der Waals surface area contributed by atoms with Crippen molar-refractivity contribution in [3.63, 3.8) is 0 Å². The molecule has 1 aliphatic carbocycles. The molecule has 4 aromatic rings. The van der Waals surface area contributed by atoms with Crippen molar-refractivity contribution in [3.8, 4) is 5.69 Å². The van der Waals surface area contributed by atoms with E-state index in [4.69, 9.17) is 16.0 Å². The molecule has 1 atom stereocenters. The van der Waals surface area contributed by atoms with Gasteiger partial charge in [0.2, 0.25) is 11.8 Å². The number of benzene rings is 2. The normalized spacial score (nSPS) is 17.4. The summed E-state index contributed by atoms with van der Waals surface area (Å²) in [6.07, 6.45) is 9.66. The van der Waals surface area contributed by atoms with Crippen LogP contribution in [0.2, 0.25) is 5.02 Å². The summed E-state index contributed by atoms with van der Waals surface area (Å²) in [5.41, 5.74) is 0.344. The van der Waals surface area contributed by atoms with Gasteiger partial charge in [-0.3, -0.25) is 19.2 Å². The second-order valence-electron chi connectivity index (χ2n) is 14.4. The largest absolute Gasteiger partial charge is 0.451 e. The number of hydrogen-bond donors (Lipinski definition) is 2. The Morgan fingerprint density at radius 1 is 1.02 bits per heavy atom. The fourth-order valence-corrected chi connectivity index (χ4v) is 7.44. The number of rotatable bonds is 8. The maximum absolute atomic E-state index is 14.2. The van der Waals surface area contributed by atoms with Crippen molar-refractivity contribution in [2.24, 2.45) is 11.3 Å². The van der Waals surface area contributed by atoms with E-state index >= 15 is 0 Å². The first kappa shape index (κ1) is 34.4. The van der Waals surface area contributed by atoms with Crippen molar-refractivity contribution in [2.45, 2.75) is 83.7 Å². The second-order valence-corrected chi connectivity index (χ2v) is 14.8. The van der Waals surface area contributed by atoms with Crippen molar-refractivity contribution in [3.05, 3.63) is 87.8 Å². The Morgan fingerprint density at radius 3 is 2.39 bits per heavy atom. The molecule has 2 fully saturated rings. The molecule has 0 radical (unpaired) electrons. The monoisotopic (exact) mass is 686 g/mol. The molecular formula is C37H43ClN6O5. The number of likely N-dealkylation sites (tertiary alicyclic amines) is 1. The summed E-state index contributed by atoms with van der Waals surface area (Å²) in [7, 11) is 0. The SMILES string of the molecule is CC(C)(C)NC(=O)C1(C2CCCCC2)CCN(C(=O)[C@@H](Cc2ccc(Cl)cc2)NC(=O)c2cc(=O)c3cc(-n4cncn4)ccc3o2)CC1. The average molecular weight is 687 g/mol. The molecule has 2 aliphatic rings. The fraction of sp³-hybridized carbons (Fsp3) is 0.459. The van der Waals surface area contributed by atoms with Crippen LogP contribution < -0.4 is 16.1 Å². The summed E-state index contributed by atoms with van der Waals surface area (Å²) in [4.78, 5) is 60.6. The van der Waals surface area contributed by atoms with Crippen LogP contribution in [0.3, 0.4) is 0 Å². The van der Waals surface area contributed by atoms with Crippen molar-refractivity contribution < 1.29 is 18.8 Å². The zero-order valence-electron chi connectivity index (χ0n) is 28.2. The molecule has 0 spiro atoms. The van der Waals surface area contributed by atoms with Gasteiger partial charge in [0.15, 0.2) is 11.2 Å². The molecule has 3 amide bonds. The molecule has 2 N–H and O–H groups in total. The summed E-state index contributed by atoms with van der Waals surface area (Å²) < 4.78 is 7.40. The van der Waals surface area contributed by atoms with E-state index in [1.54, 1.807) is 35.2 Å². The number of piperidine rings is 1. The van der Waals surface area contributed by atoms with Crippen LogP contribution in [0.1, 0.15) is 81.8 Å². The van der Waals surface area contributed by atoms with Gasteiger partial charge in [0, 0.05) is 36.1 Å². The Kier molecular flexibility index (Phi) is 9.92. The molecule has 3 heterocycles. The van der Waals surface area contributed by atoms with Crippen LogP contribution in [0.4, 0.5) is 0 Å². The Morgan fingerprint density at radius 2 is 1.73 bits per heavy atom. The first-order valence-corrected chi connectivity index (χ1v) is 17.4. The molecule has 49 heavy (non-hydrogen) atoms. The molecular weight excluding hydrogens is 644 g/mol. The minimum absolute atomic E-state index is 0.0739. The Balaban J connectivity index is 1.23. The van der Waals surface area contributed by atoms with Gasteiger partial charge in [0.25, 0.3) is 5.91 Å². The number of carbonyl (C=O) groups excluding carboxylic acids is 3. The van der Waals surface area contributed by atoms with Gasteiger partial charge in [0.05, 0.1) is 16.5 Å². The molecule has 258 valence electrons. The molecule has 6 rings (SSSR count). The maximum atomic E-state index is 14.2. The first-order valence-electron chi connectivity index (χ1n) is 17.0. The Bertz CT molecular complexity index is 1870. The van der Waals surface area contributed by atoms with Gasteiger partial charge in [-0.1, -0.05) is 43.0 Å². The molecule has 1 saturated heterocycles. The Hall–Kier alpha value is -4.51. The average Bonchev–Trinajstić information content (AvgIpc) is 3.63. The van der Waals surface area contributed by atoms with Gasteiger partial charge in [-0.05, 0) is 88.3 Å². The van der Waals surface area contributed by atoms with E-state index in [9.17, 15) is 19.2 Å². The molecule has 12 heteroatoms. The highest BCUT2D eigenvalue weighted by Crippen LogP contribution is 2.46. The summed E-state index contributed by atoms with van der Waals surface area (Å²) in [6, 6.07) is 12.2. The zero-order valence-corrected chi connectivity index (χ0v) is 29.0. The van der Waals surface area contributed by atoms with E-state index in [1.807, 2.05) is 32.9 Å². The highest BCUT2D eigenvalue weighted by Gasteiger charge is 2.49.